The minimum Gasteiger partial charge on any atom is -0.383 e. The van der Waals surface area contributed by atoms with E-state index in [1.54, 1.807) is 31.0 Å². The zero-order chi connectivity index (χ0) is 14.9. The Morgan fingerprint density at radius 3 is 2.70 bits per heavy atom. The molecule has 2 N–H and O–H groups in total. The second-order valence-corrected chi connectivity index (χ2v) is 4.67. The predicted molar refractivity (Wildman–Crippen MR) is 75.7 cm³/mol. The first-order valence-corrected chi connectivity index (χ1v) is 6.34. The lowest BCUT2D eigenvalue weighted by molar-refractivity contribution is 0.0821. The summed E-state index contributed by atoms with van der Waals surface area (Å²) < 4.78 is 1.56. The molecule has 0 aliphatic rings. The molecule has 7 heteroatoms. The molecule has 0 fully saturated rings. The molecule has 0 bridgehead atoms. The molecule has 0 radical (unpaired) electrons. The number of anilines is 1. The molecule has 0 spiro atoms. The summed E-state index contributed by atoms with van der Waals surface area (Å²) in [5.41, 5.74) is 6.99. The second-order valence-electron chi connectivity index (χ2n) is 4.67. The first kappa shape index (κ1) is 14.0. The van der Waals surface area contributed by atoms with E-state index in [0.717, 1.165) is 5.56 Å². The molecule has 0 unspecified atom stereocenters. The number of amides is 1. The van der Waals surface area contributed by atoms with Crippen molar-refractivity contribution in [1.29, 1.82) is 0 Å². The Balaban J connectivity index is 2.47. The van der Waals surface area contributed by atoms with Gasteiger partial charge in [-0.25, -0.2) is 14.6 Å². The summed E-state index contributed by atoms with van der Waals surface area (Å²) in [5.74, 6) is 1.54. The summed E-state index contributed by atoms with van der Waals surface area (Å²) >= 11 is 0. The highest BCUT2D eigenvalue weighted by Gasteiger charge is 2.15. The van der Waals surface area contributed by atoms with Crippen molar-refractivity contribution in [2.45, 2.75) is 20.3 Å². The van der Waals surface area contributed by atoms with Crippen LogP contribution < -0.4 is 5.73 Å². The van der Waals surface area contributed by atoms with Gasteiger partial charge in [0.1, 0.15) is 11.6 Å². The maximum absolute atomic E-state index is 11.9. The van der Waals surface area contributed by atoms with Crippen molar-refractivity contribution in [2.75, 3.05) is 19.8 Å². The maximum Gasteiger partial charge on any atom is 0.273 e. The van der Waals surface area contributed by atoms with E-state index < -0.39 is 0 Å². The molecule has 2 heterocycles. The summed E-state index contributed by atoms with van der Waals surface area (Å²) in [6.45, 7) is 3.79. The molecule has 20 heavy (non-hydrogen) atoms. The van der Waals surface area contributed by atoms with Crippen LogP contribution >= 0.6 is 0 Å². The van der Waals surface area contributed by atoms with Gasteiger partial charge in [-0.3, -0.25) is 4.79 Å². The lowest BCUT2D eigenvalue weighted by Gasteiger charge is -2.09. The van der Waals surface area contributed by atoms with Gasteiger partial charge in [0.25, 0.3) is 5.91 Å². The van der Waals surface area contributed by atoms with Crippen LogP contribution in [0.2, 0.25) is 0 Å². The predicted octanol–water partition coefficient (Wildman–Crippen LogP) is 0.817. The number of aromatic nitrogens is 4. The smallest absolute Gasteiger partial charge is 0.273 e. The van der Waals surface area contributed by atoms with E-state index in [-0.39, 0.29) is 5.91 Å². The van der Waals surface area contributed by atoms with Crippen LogP contribution in [0.5, 0.6) is 0 Å². The van der Waals surface area contributed by atoms with Crippen LogP contribution in [-0.4, -0.2) is 44.7 Å². The number of hydrogen-bond donors (Lipinski definition) is 1. The molecule has 0 aliphatic carbocycles. The molecule has 0 saturated heterocycles. The van der Waals surface area contributed by atoms with E-state index in [2.05, 4.69) is 15.1 Å². The lowest BCUT2D eigenvalue weighted by Crippen LogP contribution is -2.22. The number of nitrogens with two attached hydrogens (primary N) is 1. The van der Waals surface area contributed by atoms with E-state index in [4.69, 9.17) is 5.73 Å². The van der Waals surface area contributed by atoms with Gasteiger partial charge in [-0.05, 0) is 13.0 Å². The van der Waals surface area contributed by atoms with Crippen molar-refractivity contribution in [3.8, 4) is 5.82 Å². The Morgan fingerprint density at radius 1 is 1.40 bits per heavy atom. The summed E-state index contributed by atoms with van der Waals surface area (Å²) in [6, 6.07) is 1.66. The molecule has 0 aliphatic heterocycles. The molecule has 0 aromatic carbocycles. The molecule has 106 valence electrons. The number of nitrogen functional groups attached to an aromatic ring is 1. The number of aryl methyl sites for hydroxylation is 1. The minimum atomic E-state index is -0.154. The topological polar surface area (TPSA) is 89.9 Å². The van der Waals surface area contributed by atoms with Crippen molar-refractivity contribution in [2.24, 2.45) is 0 Å². The minimum absolute atomic E-state index is 0.154. The van der Waals surface area contributed by atoms with Crippen molar-refractivity contribution in [1.82, 2.24) is 24.6 Å². The van der Waals surface area contributed by atoms with Crippen LogP contribution in [0.1, 0.15) is 28.8 Å². The van der Waals surface area contributed by atoms with Gasteiger partial charge in [0.15, 0.2) is 11.5 Å². The third-order valence-corrected chi connectivity index (χ3v) is 2.95. The Morgan fingerprint density at radius 2 is 2.10 bits per heavy atom. The highest BCUT2D eigenvalue weighted by atomic mass is 16.2. The third-order valence-electron chi connectivity index (χ3n) is 2.95. The van der Waals surface area contributed by atoms with E-state index >= 15 is 0 Å². The van der Waals surface area contributed by atoms with Crippen LogP contribution in [0, 0.1) is 6.92 Å². The molecule has 2 rings (SSSR count). The van der Waals surface area contributed by atoms with E-state index in [1.807, 2.05) is 13.8 Å². The summed E-state index contributed by atoms with van der Waals surface area (Å²) in [7, 11) is 3.37. The average Bonchev–Trinajstić information content (AvgIpc) is 2.90. The normalized spacial score (nSPS) is 10.6. The van der Waals surface area contributed by atoms with E-state index in [9.17, 15) is 4.79 Å². The van der Waals surface area contributed by atoms with Crippen molar-refractivity contribution < 1.29 is 4.79 Å². The van der Waals surface area contributed by atoms with Crippen molar-refractivity contribution >= 4 is 11.7 Å². The molecule has 1 amide bonds. The summed E-state index contributed by atoms with van der Waals surface area (Å²) in [5, 5.41) is 4.26. The van der Waals surface area contributed by atoms with Gasteiger partial charge in [-0.2, -0.15) is 5.10 Å². The van der Waals surface area contributed by atoms with Gasteiger partial charge in [0.05, 0.1) is 0 Å². The largest absolute Gasteiger partial charge is 0.383 e. The van der Waals surface area contributed by atoms with E-state index in [0.29, 0.717) is 29.6 Å². The average molecular weight is 274 g/mol. The second kappa shape index (κ2) is 5.28. The zero-order valence-electron chi connectivity index (χ0n) is 12.1. The van der Waals surface area contributed by atoms with Gasteiger partial charge in [0.2, 0.25) is 0 Å². The van der Waals surface area contributed by atoms with Crippen LogP contribution in [0.15, 0.2) is 12.3 Å². The fourth-order valence-corrected chi connectivity index (χ4v) is 1.73. The van der Waals surface area contributed by atoms with Crippen LogP contribution in [0.25, 0.3) is 5.82 Å². The third kappa shape index (κ3) is 2.47. The Hall–Kier alpha value is -2.44. The highest BCUT2D eigenvalue weighted by Crippen LogP contribution is 2.16. The van der Waals surface area contributed by atoms with Crippen molar-refractivity contribution in [3.05, 3.63) is 29.3 Å². The first-order valence-electron chi connectivity index (χ1n) is 6.34. The van der Waals surface area contributed by atoms with Crippen molar-refractivity contribution in [3.63, 3.8) is 0 Å². The standard InChI is InChI=1S/C13H18N6O/c1-5-10-15-11(14)8(2)12(16-10)19-7-6-9(17-19)13(20)18(3)4/h6-7H,5H2,1-4H3,(H2,14,15,16). The van der Waals surface area contributed by atoms with Crippen LogP contribution in [0.4, 0.5) is 5.82 Å². The number of carbonyl (C=O) groups is 1. The van der Waals surface area contributed by atoms with Gasteiger partial charge < -0.3 is 10.6 Å². The Labute approximate surface area is 117 Å². The van der Waals surface area contributed by atoms with Gasteiger partial charge >= 0.3 is 0 Å². The number of carbonyl (C=O) groups excluding carboxylic acids is 1. The van der Waals surface area contributed by atoms with Crippen LogP contribution in [0.3, 0.4) is 0 Å². The molecular formula is C13H18N6O. The Kier molecular flexibility index (Phi) is 3.69. The maximum atomic E-state index is 11.9. The quantitative estimate of drug-likeness (QED) is 0.894. The molecule has 2 aromatic rings. The summed E-state index contributed by atoms with van der Waals surface area (Å²) in [6.07, 6.45) is 2.38. The molecule has 7 nitrogen and oxygen atoms in total. The molecule has 0 atom stereocenters. The van der Waals surface area contributed by atoms with Gasteiger partial charge in [-0.15, -0.1) is 0 Å². The molecular weight excluding hydrogens is 256 g/mol. The summed E-state index contributed by atoms with van der Waals surface area (Å²) in [4.78, 5) is 22.0. The zero-order valence-corrected chi connectivity index (χ0v) is 12.1. The Bertz CT molecular complexity index is 646. The lowest BCUT2D eigenvalue weighted by atomic mass is 10.3. The molecule has 2 aromatic heterocycles. The van der Waals surface area contributed by atoms with Gasteiger partial charge in [0, 0.05) is 32.3 Å². The number of nitrogens with zero attached hydrogens (tertiary/aromatic N) is 5. The monoisotopic (exact) mass is 274 g/mol. The number of hydrogen-bond acceptors (Lipinski definition) is 5. The van der Waals surface area contributed by atoms with E-state index in [1.165, 1.54) is 4.90 Å². The SMILES string of the molecule is CCc1nc(N)c(C)c(-n2ccc(C(=O)N(C)C)n2)n1. The highest BCUT2D eigenvalue weighted by molar-refractivity contribution is 5.91. The first-order chi connectivity index (χ1) is 9.43. The molecule has 0 saturated carbocycles. The fraction of sp³-hybridized carbons (Fsp3) is 0.385. The van der Waals surface area contributed by atoms with Gasteiger partial charge in [-0.1, -0.05) is 6.92 Å². The number of rotatable bonds is 3. The fourth-order valence-electron chi connectivity index (χ4n) is 1.73. The van der Waals surface area contributed by atoms with Crippen LogP contribution in [-0.2, 0) is 6.42 Å².